The van der Waals surface area contributed by atoms with Crippen molar-refractivity contribution in [3.63, 3.8) is 0 Å². The molecule has 0 aromatic carbocycles. The van der Waals surface area contributed by atoms with E-state index < -0.39 is 35.3 Å². The number of nitrogens with zero attached hydrogens (tertiary/aromatic N) is 2. The molecule has 2 rings (SSSR count). The molecule has 9 heteroatoms. The van der Waals surface area contributed by atoms with Gasteiger partial charge in [-0.05, 0) is 19.3 Å². The number of ether oxygens (including phenoxy) is 1. The maximum absolute atomic E-state index is 13.8. The maximum atomic E-state index is 13.8. The Balaban J connectivity index is 2.28. The van der Waals surface area contributed by atoms with Gasteiger partial charge in [0.2, 0.25) is 5.82 Å². The fourth-order valence-electron chi connectivity index (χ4n) is 2.37. The van der Waals surface area contributed by atoms with Crippen LogP contribution >= 0.6 is 0 Å². The lowest BCUT2D eigenvalue weighted by molar-refractivity contribution is -0.137. The quantitative estimate of drug-likeness (QED) is 0.741. The Kier molecular flexibility index (Phi) is 5.09. The third kappa shape index (κ3) is 3.60. The van der Waals surface area contributed by atoms with Gasteiger partial charge in [0.05, 0.1) is 6.20 Å². The number of carboxylic acids is 1. The molecule has 1 aliphatic heterocycles. The van der Waals surface area contributed by atoms with Crippen LogP contribution in [0.25, 0.3) is 0 Å². The number of rotatable bonds is 6. The number of hydrogen-bond acceptors (Lipinski definition) is 5. The van der Waals surface area contributed by atoms with Crippen LogP contribution in [-0.4, -0.2) is 32.9 Å². The van der Waals surface area contributed by atoms with Gasteiger partial charge in [0.1, 0.15) is 6.23 Å². The van der Waals surface area contributed by atoms with E-state index >= 15 is 0 Å². The molecule has 0 saturated carbocycles. The van der Waals surface area contributed by atoms with E-state index in [1.54, 1.807) is 0 Å². The van der Waals surface area contributed by atoms with Gasteiger partial charge in [0, 0.05) is 25.6 Å². The van der Waals surface area contributed by atoms with Crippen molar-refractivity contribution in [2.24, 2.45) is 5.73 Å². The third-order valence-corrected chi connectivity index (χ3v) is 3.52. The standard InChI is InChI=1S/C13H18FN3O5/c14-9-7-16(10-2-1-5-22-10)13(21)17(12(9)20)6-8(15)3-4-11(18)19/h7-8,10H,1-6,15H2,(H,18,19). The highest BCUT2D eigenvalue weighted by Gasteiger charge is 2.22. The molecule has 1 fully saturated rings. The molecule has 0 spiro atoms. The van der Waals surface area contributed by atoms with Crippen LogP contribution in [0.1, 0.15) is 31.9 Å². The average molecular weight is 315 g/mol. The fraction of sp³-hybridized carbons (Fsp3) is 0.615. The van der Waals surface area contributed by atoms with Crippen molar-refractivity contribution >= 4 is 5.97 Å². The van der Waals surface area contributed by atoms with E-state index in [9.17, 15) is 18.8 Å². The van der Waals surface area contributed by atoms with Crippen molar-refractivity contribution in [1.82, 2.24) is 9.13 Å². The van der Waals surface area contributed by atoms with Gasteiger partial charge >= 0.3 is 11.7 Å². The highest BCUT2D eigenvalue weighted by atomic mass is 19.1. The highest BCUT2D eigenvalue weighted by molar-refractivity contribution is 5.66. The molecule has 2 heterocycles. The Hall–Kier alpha value is -2.00. The van der Waals surface area contributed by atoms with Crippen LogP contribution in [0.3, 0.4) is 0 Å². The van der Waals surface area contributed by atoms with Gasteiger partial charge < -0.3 is 15.6 Å². The van der Waals surface area contributed by atoms with Crippen molar-refractivity contribution in [1.29, 1.82) is 0 Å². The lowest BCUT2D eigenvalue weighted by Gasteiger charge is -2.17. The lowest BCUT2D eigenvalue weighted by atomic mass is 10.1. The molecule has 3 N–H and O–H groups in total. The number of aliphatic carboxylic acids is 1. The molecule has 1 aliphatic rings. The summed E-state index contributed by atoms with van der Waals surface area (Å²) in [5.41, 5.74) is 3.95. The Bertz CT molecular complexity index is 663. The molecule has 122 valence electrons. The molecule has 1 saturated heterocycles. The number of carbonyl (C=O) groups is 1. The van der Waals surface area contributed by atoms with Crippen molar-refractivity contribution in [2.75, 3.05) is 6.61 Å². The molecule has 0 aliphatic carbocycles. The monoisotopic (exact) mass is 315 g/mol. The summed E-state index contributed by atoms with van der Waals surface area (Å²) in [6, 6.07) is -0.735. The molecule has 22 heavy (non-hydrogen) atoms. The fourth-order valence-corrected chi connectivity index (χ4v) is 2.37. The smallest absolute Gasteiger partial charge is 0.333 e. The molecule has 0 radical (unpaired) electrons. The van der Waals surface area contributed by atoms with E-state index in [0.29, 0.717) is 17.6 Å². The highest BCUT2D eigenvalue weighted by Crippen LogP contribution is 2.20. The second-order valence-corrected chi connectivity index (χ2v) is 5.24. The third-order valence-electron chi connectivity index (χ3n) is 3.52. The molecule has 0 bridgehead atoms. The zero-order chi connectivity index (χ0) is 16.3. The molecule has 1 aromatic heterocycles. The average Bonchev–Trinajstić information content (AvgIpc) is 2.99. The minimum Gasteiger partial charge on any atom is -0.481 e. The van der Waals surface area contributed by atoms with Crippen LogP contribution in [0.4, 0.5) is 4.39 Å². The number of halogens is 1. The molecular weight excluding hydrogens is 297 g/mol. The molecular formula is C13H18FN3O5. The summed E-state index contributed by atoms with van der Waals surface area (Å²) in [5, 5.41) is 8.60. The van der Waals surface area contributed by atoms with Gasteiger partial charge in [-0.25, -0.2) is 4.79 Å². The van der Waals surface area contributed by atoms with Crippen molar-refractivity contribution < 1.29 is 19.0 Å². The second kappa shape index (κ2) is 6.84. The number of nitrogens with two attached hydrogens (primary N) is 1. The van der Waals surface area contributed by atoms with E-state index in [1.807, 2.05) is 0 Å². The van der Waals surface area contributed by atoms with Crippen molar-refractivity contribution in [3.8, 4) is 0 Å². The summed E-state index contributed by atoms with van der Waals surface area (Å²) in [7, 11) is 0. The van der Waals surface area contributed by atoms with Crippen LogP contribution in [0.5, 0.6) is 0 Å². The first-order valence-corrected chi connectivity index (χ1v) is 7.00. The first-order chi connectivity index (χ1) is 10.4. The molecule has 2 atom stereocenters. The summed E-state index contributed by atoms with van der Waals surface area (Å²) in [4.78, 5) is 34.6. The minimum atomic E-state index is -1.07. The molecule has 2 unspecified atom stereocenters. The summed E-state index contributed by atoms with van der Waals surface area (Å²) in [6.07, 6.45) is 1.45. The van der Waals surface area contributed by atoms with E-state index in [-0.39, 0.29) is 19.4 Å². The van der Waals surface area contributed by atoms with E-state index in [2.05, 4.69) is 0 Å². The Morgan fingerprint density at radius 3 is 2.86 bits per heavy atom. The SMILES string of the molecule is NC(CCC(=O)O)Cn1c(=O)c(F)cn(C2CCCO2)c1=O. The van der Waals surface area contributed by atoms with E-state index in [4.69, 9.17) is 15.6 Å². The molecule has 1 aromatic rings. The first-order valence-electron chi connectivity index (χ1n) is 7.00. The Labute approximate surface area is 124 Å². The van der Waals surface area contributed by atoms with Crippen LogP contribution < -0.4 is 17.0 Å². The number of hydrogen-bond donors (Lipinski definition) is 2. The topological polar surface area (TPSA) is 117 Å². The number of aromatic nitrogens is 2. The summed E-state index contributed by atoms with van der Waals surface area (Å²) in [5.74, 6) is -2.10. The summed E-state index contributed by atoms with van der Waals surface area (Å²) < 4.78 is 20.8. The molecule has 8 nitrogen and oxygen atoms in total. The lowest BCUT2D eigenvalue weighted by Crippen LogP contribution is -2.46. The summed E-state index contributed by atoms with van der Waals surface area (Å²) in [6.45, 7) is 0.228. The minimum absolute atomic E-state index is 0.0810. The number of carboxylic acid groups (broad SMARTS) is 1. The van der Waals surface area contributed by atoms with Gasteiger partial charge in [0.15, 0.2) is 0 Å². The van der Waals surface area contributed by atoms with Crippen LogP contribution in [0.2, 0.25) is 0 Å². The zero-order valence-electron chi connectivity index (χ0n) is 11.9. The van der Waals surface area contributed by atoms with Gasteiger partial charge in [-0.15, -0.1) is 0 Å². The van der Waals surface area contributed by atoms with Gasteiger partial charge in [-0.2, -0.15) is 4.39 Å². The van der Waals surface area contributed by atoms with Gasteiger partial charge in [-0.1, -0.05) is 0 Å². The van der Waals surface area contributed by atoms with Crippen LogP contribution in [0, 0.1) is 5.82 Å². The zero-order valence-corrected chi connectivity index (χ0v) is 11.9. The molecule has 0 amide bonds. The normalized spacial score (nSPS) is 19.3. The predicted octanol–water partition coefficient (Wildman–Crippen LogP) is -0.350. The Morgan fingerprint density at radius 2 is 2.27 bits per heavy atom. The van der Waals surface area contributed by atoms with Crippen molar-refractivity contribution in [3.05, 3.63) is 32.9 Å². The maximum Gasteiger partial charge on any atom is 0.333 e. The van der Waals surface area contributed by atoms with Crippen LogP contribution in [0.15, 0.2) is 15.8 Å². The van der Waals surface area contributed by atoms with Crippen LogP contribution in [-0.2, 0) is 16.1 Å². The predicted molar refractivity (Wildman–Crippen MR) is 74.0 cm³/mol. The largest absolute Gasteiger partial charge is 0.481 e. The Morgan fingerprint density at radius 1 is 1.55 bits per heavy atom. The van der Waals surface area contributed by atoms with Gasteiger partial charge in [0.25, 0.3) is 5.56 Å². The first kappa shape index (κ1) is 16.4. The van der Waals surface area contributed by atoms with E-state index in [0.717, 1.165) is 17.2 Å². The second-order valence-electron chi connectivity index (χ2n) is 5.24. The van der Waals surface area contributed by atoms with E-state index in [1.165, 1.54) is 0 Å². The summed E-state index contributed by atoms with van der Waals surface area (Å²) >= 11 is 0. The van der Waals surface area contributed by atoms with Gasteiger partial charge in [-0.3, -0.25) is 18.7 Å². The van der Waals surface area contributed by atoms with Crippen molar-refractivity contribution in [2.45, 2.75) is 44.5 Å².